The number of hydrogen-bond acceptors (Lipinski definition) is 9. The van der Waals surface area contributed by atoms with E-state index in [0.717, 1.165) is 69.7 Å². The summed E-state index contributed by atoms with van der Waals surface area (Å²) in [5, 5.41) is 19.8. The quantitative estimate of drug-likeness (QED) is 0.140. The van der Waals surface area contributed by atoms with E-state index in [4.69, 9.17) is 23.4 Å². The first-order valence-electron chi connectivity index (χ1n) is 19.5. The summed E-state index contributed by atoms with van der Waals surface area (Å²) in [6.07, 6.45) is 13.6. The van der Waals surface area contributed by atoms with Crippen molar-refractivity contribution in [2.45, 2.75) is 23.7 Å². The van der Waals surface area contributed by atoms with Crippen LogP contribution in [0.3, 0.4) is 0 Å². The summed E-state index contributed by atoms with van der Waals surface area (Å²) in [6, 6.07) is 35.2. The molecule has 0 unspecified atom stereocenters. The summed E-state index contributed by atoms with van der Waals surface area (Å²) in [5.41, 5.74) is 11.4. The van der Waals surface area contributed by atoms with Crippen LogP contribution in [0, 0.1) is 0 Å². The van der Waals surface area contributed by atoms with Crippen LogP contribution in [0.4, 0.5) is 0 Å². The van der Waals surface area contributed by atoms with Crippen LogP contribution in [0.1, 0.15) is 44.8 Å². The van der Waals surface area contributed by atoms with Gasteiger partial charge in [-0.2, -0.15) is 21.5 Å². The van der Waals surface area contributed by atoms with Crippen molar-refractivity contribution >= 4 is 23.5 Å². The minimum Gasteiger partial charge on any atom is -0.497 e. The third-order valence-corrected chi connectivity index (χ3v) is 12.3. The average molecular weight is 814 g/mol. The van der Waals surface area contributed by atoms with Crippen LogP contribution in [-0.4, -0.2) is 53.8 Å². The minimum atomic E-state index is -0.355. The molecule has 0 aliphatic heterocycles. The van der Waals surface area contributed by atoms with E-state index < -0.39 is 0 Å². The van der Waals surface area contributed by atoms with Crippen molar-refractivity contribution < 1.29 is 23.4 Å². The molecule has 2 aliphatic carbocycles. The summed E-state index contributed by atoms with van der Waals surface area (Å²) in [6.45, 7) is 0. The van der Waals surface area contributed by atoms with Crippen LogP contribution in [0.2, 0.25) is 0 Å². The van der Waals surface area contributed by atoms with Gasteiger partial charge in [-0.15, -0.1) is 0 Å². The van der Waals surface area contributed by atoms with Crippen molar-refractivity contribution in [3.05, 3.63) is 183 Å². The molecule has 4 aromatic heterocycles. The van der Waals surface area contributed by atoms with E-state index in [1.807, 2.05) is 48.5 Å². The molecule has 0 amide bonds. The highest BCUT2D eigenvalue weighted by molar-refractivity contribution is 7.08. The molecule has 0 saturated carbocycles. The maximum Gasteiger partial charge on any atom is 0.247 e. The number of aromatic nitrogens is 5. The van der Waals surface area contributed by atoms with Gasteiger partial charge in [0.1, 0.15) is 35.0 Å². The maximum atomic E-state index is 5.46. The van der Waals surface area contributed by atoms with Crippen molar-refractivity contribution in [2.75, 3.05) is 28.4 Å². The number of thiophene rings is 1. The highest BCUT2D eigenvalue weighted by atomic mass is 32.1. The molecule has 8 aromatic rings. The van der Waals surface area contributed by atoms with E-state index in [-0.39, 0.29) is 10.8 Å². The standard InChI is InChI=1S/C25H22N2O2S.C24H21N3O3/c1-28-20-7-3-18(4-8-20)25(19-5-9-21(29-2)10-6-19)13-11-22-23(15-25)26-27-24(22)17-12-14-30-16-17;1-28-18-7-3-16(4-8-18)24(17-5-9-19(29-2)10-6-17)12-11-20-21(15-24)26-27-22(20)23-25-13-14-30-23/h3-14,16H,15H2,1-2H3,(H,26,27);3-14H,15H2,1-2H3,(H,26,27). The topological polar surface area (TPSA) is 120 Å². The molecular weight excluding hydrogens is 771 g/mol. The monoisotopic (exact) mass is 813 g/mol. The fourth-order valence-corrected chi connectivity index (χ4v) is 8.97. The first-order chi connectivity index (χ1) is 29.5. The Morgan fingerprint density at radius 3 is 1.33 bits per heavy atom. The molecule has 0 radical (unpaired) electrons. The molecule has 10 nitrogen and oxygen atoms in total. The second-order valence-corrected chi connectivity index (χ2v) is 15.4. The van der Waals surface area contributed by atoms with Crippen molar-refractivity contribution in [1.82, 2.24) is 25.4 Å². The smallest absolute Gasteiger partial charge is 0.247 e. The molecular formula is C49H43N5O5S. The van der Waals surface area contributed by atoms with E-state index in [2.05, 4.69) is 115 Å². The number of oxazole rings is 1. The third kappa shape index (κ3) is 6.96. The highest BCUT2D eigenvalue weighted by Gasteiger charge is 2.38. The summed E-state index contributed by atoms with van der Waals surface area (Å²) in [4.78, 5) is 4.25. The Kier molecular flexibility index (Phi) is 10.4. The molecule has 4 heterocycles. The predicted molar refractivity (Wildman–Crippen MR) is 235 cm³/mol. The second-order valence-electron chi connectivity index (χ2n) is 14.7. The molecule has 2 aliphatic rings. The lowest BCUT2D eigenvalue weighted by molar-refractivity contribution is 0.413. The lowest BCUT2D eigenvalue weighted by atomic mass is 9.68. The van der Waals surface area contributed by atoms with Gasteiger partial charge in [-0.25, -0.2) is 4.98 Å². The van der Waals surface area contributed by atoms with E-state index in [1.165, 1.54) is 27.8 Å². The Morgan fingerprint density at radius 2 is 0.967 bits per heavy atom. The first kappa shape index (κ1) is 38.4. The van der Waals surface area contributed by atoms with Gasteiger partial charge in [0.05, 0.1) is 34.6 Å². The lowest BCUT2D eigenvalue weighted by Crippen LogP contribution is -2.30. The van der Waals surface area contributed by atoms with Gasteiger partial charge in [-0.05, 0) is 82.2 Å². The molecule has 2 N–H and O–H groups in total. The van der Waals surface area contributed by atoms with Crippen LogP contribution in [0.5, 0.6) is 23.0 Å². The van der Waals surface area contributed by atoms with E-state index in [0.29, 0.717) is 5.89 Å². The van der Waals surface area contributed by atoms with Crippen LogP contribution < -0.4 is 18.9 Å². The zero-order valence-corrected chi connectivity index (χ0v) is 34.5. The molecule has 300 valence electrons. The number of nitrogens with one attached hydrogen (secondary N) is 2. The zero-order chi connectivity index (χ0) is 41.1. The largest absolute Gasteiger partial charge is 0.497 e. The van der Waals surface area contributed by atoms with Gasteiger partial charge in [0, 0.05) is 57.1 Å². The number of hydrogen-bond donors (Lipinski definition) is 2. The predicted octanol–water partition coefficient (Wildman–Crippen LogP) is 10.3. The summed E-state index contributed by atoms with van der Waals surface area (Å²) < 4.78 is 26.9. The van der Waals surface area contributed by atoms with Crippen LogP contribution in [0.15, 0.2) is 143 Å². The number of methoxy groups -OCH3 is 4. The van der Waals surface area contributed by atoms with Crippen LogP contribution in [0.25, 0.3) is 35.0 Å². The average Bonchev–Trinajstić information content (AvgIpc) is 4.17. The second kappa shape index (κ2) is 16.3. The molecule has 0 fully saturated rings. The summed E-state index contributed by atoms with van der Waals surface area (Å²) in [5.74, 6) is 3.88. The van der Waals surface area contributed by atoms with Crippen molar-refractivity contribution in [1.29, 1.82) is 0 Å². The van der Waals surface area contributed by atoms with Crippen LogP contribution in [-0.2, 0) is 23.7 Å². The SMILES string of the molecule is COc1ccc(C2(c3ccc(OC)cc3)C=Cc3c(-c4ccsc4)n[nH]c3C2)cc1.COc1ccc(C2(c3ccc(OC)cc3)C=Cc3c(-c4ncco4)n[nH]c3C2)cc1. The van der Waals surface area contributed by atoms with Crippen molar-refractivity contribution in [2.24, 2.45) is 0 Å². The van der Waals surface area contributed by atoms with Gasteiger partial charge < -0.3 is 23.4 Å². The number of aromatic amines is 2. The van der Waals surface area contributed by atoms with Gasteiger partial charge in [0.15, 0.2) is 5.69 Å². The molecule has 4 aromatic carbocycles. The number of fused-ring (bicyclic) bond motifs is 2. The number of H-pyrrole nitrogens is 2. The number of rotatable bonds is 10. The molecule has 0 spiro atoms. The van der Waals surface area contributed by atoms with Crippen molar-refractivity contribution in [3.8, 4) is 45.8 Å². The van der Waals surface area contributed by atoms with Gasteiger partial charge in [-0.1, -0.05) is 72.8 Å². The fourth-order valence-electron chi connectivity index (χ4n) is 8.33. The molecule has 0 atom stereocenters. The number of benzene rings is 4. The molecule has 60 heavy (non-hydrogen) atoms. The van der Waals surface area contributed by atoms with Gasteiger partial charge >= 0.3 is 0 Å². The third-order valence-electron chi connectivity index (χ3n) is 11.6. The first-order valence-corrected chi connectivity index (χ1v) is 20.4. The Bertz CT molecular complexity index is 2440. The number of ether oxygens (including phenoxy) is 4. The maximum absolute atomic E-state index is 5.46. The fraction of sp³-hybridized carbons (Fsp3) is 0.163. The number of allylic oxidation sites excluding steroid dienone is 2. The van der Waals surface area contributed by atoms with E-state index in [9.17, 15) is 0 Å². The van der Waals surface area contributed by atoms with Crippen LogP contribution >= 0.6 is 11.3 Å². The van der Waals surface area contributed by atoms with E-state index in [1.54, 1.807) is 52.2 Å². The molecule has 0 saturated heterocycles. The Hall–Kier alpha value is -7.11. The Labute approximate surface area is 352 Å². The normalized spacial score (nSPS) is 14.3. The van der Waals surface area contributed by atoms with Gasteiger partial charge in [0.25, 0.3) is 0 Å². The van der Waals surface area contributed by atoms with Gasteiger partial charge in [0.2, 0.25) is 5.89 Å². The Morgan fingerprint density at radius 1 is 0.550 bits per heavy atom. The lowest BCUT2D eigenvalue weighted by Gasteiger charge is -2.34. The molecule has 0 bridgehead atoms. The molecule has 11 heteroatoms. The highest BCUT2D eigenvalue weighted by Crippen LogP contribution is 2.45. The van der Waals surface area contributed by atoms with E-state index >= 15 is 0 Å². The zero-order valence-electron chi connectivity index (χ0n) is 33.6. The Balaban J connectivity index is 0.000000154. The number of nitrogens with zero attached hydrogens (tertiary/aromatic N) is 3. The van der Waals surface area contributed by atoms with Gasteiger partial charge in [-0.3, -0.25) is 10.2 Å². The summed E-state index contributed by atoms with van der Waals surface area (Å²) in [7, 11) is 6.74. The van der Waals surface area contributed by atoms with Crippen molar-refractivity contribution in [3.63, 3.8) is 0 Å². The summed E-state index contributed by atoms with van der Waals surface area (Å²) >= 11 is 1.69. The molecule has 10 rings (SSSR count). The minimum absolute atomic E-state index is 0.302.